The van der Waals surface area contributed by atoms with Crippen molar-refractivity contribution < 1.29 is 22.3 Å². The molecule has 1 rings (SSSR count). The minimum atomic E-state index is -4.14. The maximum Gasteiger partial charge on any atom is 0.260 e. The average molecular weight is 318 g/mol. The quantitative estimate of drug-likeness (QED) is 0.737. The lowest BCUT2D eigenvalue weighted by molar-refractivity contribution is -0.127. The SMILES string of the molecule is CCCCNC(=O)C(C)Oc1ccc(F)cc1S(N)(=O)=O. The van der Waals surface area contributed by atoms with Crippen LogP contribution in [-0.2, 0) is 14.8 Å². The van der Waals surface area contributed by atoms with Crippen molar-refractivity contribution in [1.29, 1.82) is 0 Å². The number of benzene rings is 1. The Morgan fingerprint density at radius 1 is 1.48 bits per heavy atom. The number of carbonyl (C=O) groups is 1. The molecule has 1 aromatic carbocycles. The predicted molar refractivity (Wildman–Crippen MR) is 75.8 cm³/mol. The van der Waals surface area contributed by atoms with Crippen molar-refractivity contribution in [2.75, 3.05) is 6.54 Å². The van der Waals surface area contributed by atoms with Gasteiger partial charge in [-0.05, 0) is 31.5 Å². The third kappa shape index (κ3) is 5.31. The number of sulfonamides is 1. The standard InChI is InChI=1S/C13H19FN2O4S/c1-3-4-7-16-13(17)9(2)20-11-6-5-10(14)8-12(11)21(15,18)19/h5-6,8-9H,3-4,7H2,1-2H3,(H,16,17)(H2,15,18,19). The fourth-order valence-corrected chi connectivity index (χ4v) is 2.25. The zero-order valence-corrected chi connectivity index (χ0v) is 12.7. The largest absolute Gasteiger partial charge is 0.479 e. The number of primary sulfonamides is 1. The van der Waals surface area contributed by atoms with Crippen LogP contribution in [0.25, 0.3) is 0 Å². The molecule has 0 saturated carbocycles. The lowest BCUT2D eigenvalue weighted by atomic mass is 10.3. The van der Waals surface area contributed by atoms with Gasteiger partial charge in [0.05, 0.1) is 0 Å². The third-order valence-electron chi connectivity index (χ3n) is 2.71. The maximum atomic E-state index is 13.1. The number of hydrogen-bond donors (Lipinski definition) is 2. The smallest absolute Gasteiger partial charge is 0.260 e. The summed E-state index contributed by atoms with van der Waals surface area (Å²) in [6.07, 6.45) is 0.841. The molecule has 0 radical (unpaired) electrons. The number of nitrogens with one attached hydrogen (secondary N) is 1. The first-order valence-corrected chi connectivity index (χ1v) is 8.07. The minimum Gasteiger partial charge on any atom is -0.479 e. The molecule has 1 unspecified atom stereocenters. The Labute approximate surface area is 123 Å². The number of nitrogens with two attached hydrogens (primary N) is 1. The number of hydrogen-bond acceptors (Lipinski definition) is 4. The molecule has 0 heterocycles. The summed E-state index contributed by atoms with van der Waals surface area (Å²) in [6.45, 7) is 3.97. The van der Waals surface area contributed by atoms with Crippen molar-refractivity contribution in [3.8, 4) is 5.75 Å². The topological polar surface area (TPSA) is 98.5 Å². The highest BCUT2D eigenvalue weighted by Crippen LogP contribution is 2.24. The van der Waals surface area contributed by atoms with Crippen LogP contribution in [0.5, 0.6) is 5.75 Å². The summed E-state index contributed by atoms with van der Waals surface area (Å²) in [4.78, 5) is 11.3. The molecule has 21 heavy (non-hydrogen) atoms. The van der Waals surface area contributed by atoms with Gasteiger partial charge in [-0.3, -0.25) is 4.79 Å². The number of ether oxygens (including phenoxy) is 1. The molecular weight excluding hydrogens is 299 g/mol. The first-order valence-electron chi connectivity index (χ1n) is 6.52. The molecule has 0 aliphatic heterocycles. The third-order valence-corrected chi connectivity index (χ3v) is 3.65. The molecule has 8 heteroatoms. The van der Waals surface area contributed by atoms with Crippen molar-refractivity contribution in [1.82, 2.24) is 5.32 Å². The van der Waals surface area contributed by atoms with Crippen molar-refractivity contribution in [3.05, 3.63) is 24.0 Å². The number of amides is 1. The first kappa shape index (κ1) is 17.4. The van der Waals surface area contributed by atoms with E-state index in [2.05, 4.69) is 5.32 Å². The lowest BCUT2D eigenvalue weighted by Crippen LogP contribution is -2.37. The van der Waals surface area contributed by atoms with Gasteiger partial charge >= 0.3 is 0 Å². The summed E-state index contributed by atoms with van der Waals surface area (Å²) in [5, 5.41) is 7.66. The fourth-order valence-electron chi connectivity index (χ4n) is 1.58. The van der Waals surface area contributed by atoms with Gasteiger partial charge in [-0.25, -0.2) is 17.9 Å². The summed E-state index contributed by atoms with van der Waals surface area (Å²) in [7, 11) is -4.14. The van der Waals surface area contributed by atoms with E-state index >= 15 is 0 Å². The molecule has 0 bridgehead atoms. The molecule has 3 N–H and O–H groups in total. The van der Waals surface area contributed by atoms with E-state index in [-0.39, 0.29) is 11.7 Å². The van der Waals surface area contributed by atoms with Gasteiger partial charge in [0.15, 0.2) is 6.10 Å². The monoisotopic (exact) mass is 318 g/mol. The van der Waals surface area contributed by atoms with E-state index in [4.69, 9.17) is 9.88 Å². The Hall–Kier alpha value is -1.67. The Kier molecular flexibility index (Phi) is 6.10. The predicted octanol–water partition coefficient (Wildman–Crippen LogP) is 1.16. The van der Waals surface area contributed by atoms with Gasteiger partial charge in [-0.2, -0.15) is 0 Å². The first-order chi connectivity index (χ1) is 9.75. The second-order valence-corrected chi connectivity index (χ2v) is 6.07. The van der Waals surface area contributed by atoms with Crippen molar-refractivity contribution >= 4 is 15.9 Å². The maximum absolute atomic E-state index is 13.1. The van der Waals surface area contributed by atoms with E-state index in [0.29, 0.717) is 6.54 Å². The van der Waals surface area contributed by atoms with Gasteiger partial charge in [0.2, 0.25) is 10.0 Å². The van der Waals surface area contributed by atoms with Gasteiger partial charge in [0, 0.05) is 6.54 Å². The minimum absolute atomic E-state index is 0.156. The molecule has 0 saturated heterocycles. The second kappa shape index (κ2) is 7.37. The number of unbranched alkanes of at least 4 members (excludes halogenated alkanes) is 1. The van der Waals surface area contributed by atoms with Gasteiger partial charge in [-0.1, -0.05) is 13.3 Å². The highest BCUT2D eigenvalue weighted by Gasteiger charge is 2.21. The van der Waals surface area contributed by atoms with E-state index in [0.717, 1.165) is 31.0 Å². The molecule has 1 atom stereocenters. The van der Waals surface area contributed by atoms with E-state index in [1.165, 1.54) is 6.92 Å². The van der Waals surface area contributed by atoms with Crippen molar-refractivity contribution in [3.63, 3.8) is 0 Å². The van der Waals surface area contributed by atoms with Gasteiger partial charge in [-0.15, -0.1) is 0 Å². The summed E-state index contributed by atoms with van der Waals surface area (Å²) in [5.41, 5.74) is 0. The van der Waals surface area contributed by atoms with Crippen LogP contribution in [-0.4, -0.2) is 27.0 Å². The zero-order chi connectivity index (χ0) is 16.0. The number of halogens is 1. The molecule has 118 valence electrons. The number of rotatable bonds is 7. The fraction of sp³-hybridized carbons (Fsp3) is 0.462. The second-order valence-electron chi connectivity index (χ2n) is 4.54. The van der Waals surface area contributed by atoms with Gasteiger partial charge in [0.1, 0.15) is 16.5 Å². The summed E-state index contributed by atoms with van der Waals surface area (Å²) < 4.78 is 41.2. The van der Waals surface area contributed by atoms with Crippen LogP contribution in [0, 0.1) is 5.82 Å². The molecular formula is C13H19FN2O4S. The molecule has 0 aliphatic carbocycles. The average Bonchev–Trinajstić information content (AvgIpc) is 2.39. The number of carbonyl (C=O) groups excluding carboxylic acids is 1. The zero-order valence-electron chi connectivity index (χ0n) is 11.9. The van der Waals surface area contributed by atoms with Crippen LogP contribution < -0.4 is 15.2 Å². The molecule has 0 spiro atoms. The highest BCUT2D eigenvalue weighted by atomic mass is 32.2. The molecule has 1 aromatic rings. The van der Waals surface area contributed by atoms with E-state index in [1.807, 2.05) is 6.92 Å². The molecule has 0 aromatic heterocycles. The van der Waals surface area contributed by atoms with Crippen LogP contribution in [0.2, 0.25) is 0 Å². The highest BCUT2D eigenvalue weighted by molar-refractivity contribution is 7.89. The summed E-state index contributed by atoms with van der Waals surface area (Å²) >= 11 is 0. The van der Waals surface area contributed by atoms with Crippen LogP contribution >= 0.6 is 0 Å². The van der Waals surface area contributed by atoms with Gasteiger partial charge in [0.25, 0.3) is 5.91 Å². The Morgan fingerprint density at radius 2 is 2.14 bits per heavy atom. The van der Waals surface area contributed by atoms with E-state index in [9.17, 15) is 17.6 Å². The Morgan fingerprint density at radius 3 is 2.71 bits per heavy atom. The van der Waals surface area contributed by atoms with Crippen molar-refractivity contribution in [2.24, 2.45) is 5.14 Å². The molecule has 6 nitrogen and oxygen atoms in total. The summed E-state index contributed by atoms with van der Waals surface area (Å²) in [6, 6.07) is 2.92. The van der Waals surface area contributed by atoms with Gasteiger partial charge < -0.3 is 10.1 Å². The summed E-state index contributed by atoms with van der Waals surface area (Å²) in [5.74, 6) is -1.29. The molecule has 0 aliphatic rings. The lowest BCUT2D eigenvalue weighted by Gasteiger charge is -2.16. The van der Waals surface area contributed by atoms with E-state index < -0.39 is 26.8 Å². The normalized spacial score (nSPS) is 12.8. The van der Waals surface area contributed by atoms with Crippen LogP contribution in [0.15, 0.2) is 23.1 Å². The Bertz CT molecular complexity index is 604. The van der Waals surface area contributed by atoms with Crippen LogP contribution in [0.3, 0.4) is 0 Å². The van der Waals surface area contributed by atoms with Crippen LogP contribution in [0.1, 0.15) is 26.7 Å². The van der Waals surface area contributed by atoms with Crippen LogP contribution in [0.4, 0.5) is 4.39 Å². The Balaban J connectivity index is 2.85. The molecule has 1 amide bonds. The van der Waals surface area contributed by atoms with E-state index in [1.54, 1.807) is 0 Å². The van der Waals surface area contributed by atoms with Crippen molar-refractivity contribution in [2.45, 2.75) is 37.7 Å². The molecule has 0 fully saturated rings.